The van der Waals surface area contributed by atoms with Gasteiger partial charge in [-0.3, -0.25) is 4.99 Å². The number of nitrogens with zero attached hydrogens (tertiary/aromatic N) is 1. The summed E-state index contributed by atoms with van der Waals surface area (Å²) in [6, 6.07) is 8.09. The van der Waals surface area contributed by atoms with Gasteiger partial charge in [0.05, 0.1) is 13.1 Å². The third-order valence-electron chi connectivity index (χ3n) is 2.59. The van der Waals surface area contributed by atoms with E-state index in [1.54, 1.807) is 11.8 Å². The van der Waals surface area contributed by atoms with E-state index < -0.39 is 0 Å². The Bertz CT molecular complexity index is 398. The Hall–Kier alpha value is -0.630. The van der Waals surface area contributed by atoms with Crippen molar-refractivity contribution < 1.29 is 4.74 Å². The van der Waals surface area contributed by atoms with Crippen molar-refractivity contribution in [3.63, 3.8) is 0 Å². The molecular formula is C15H26IN3OS. The van der Waals surface area contributed by atoms with Crippen LogP contribution in [0.4, 0.5) is 0 Å². The first kappa shape index (κ1) is 20.4. The van der Waals surface area contributed by atoms with E-state index in [-0.39, 0.29) is 24.0 Å². The zero-order chi connectivity index (χ0) is 14.6. The summed E-state index contributed by atoms with van der Waals surface area (Å²) in [6.45, 7) is 7.18. The third-order valence-corrected chi connectivity index (χ3v) is 3.18. The summed E-state index contributed by atoms with van der Waals surface area (Å²) in [5, 5.41) is 6.49. The normalized spacial score (nSPS) is 10.7. The highest BCUT2D eigenvalue weighted by molar-refractivity contribution is 14.0. The largest absolute Gasteiger partial charge is 0.492 e. The van der Waals surface area contributed by atoms with Gasteiger partial charge in [-0.25, -0.2) is 0 Å². The van der Waals surface area contributed by atoms with Crippen LogP contribution >= 0.6 is 35.7 Å². The van der Waals surface area contributed by atoms with E-state index in [2.05, 4.69) is 47.9 Å². The van der Waals surface area contributed by atoms with E-state index >= 15 is 0 Å². The van der Waals surface area contributed by atoms with Crippen LogP contribution in [0.2, 0.25) is 0 Å². The van der Waals surface area contributed by atoms with Crippen molar-refractivity contribution in [2.45, 2.75) is 13.8 Å². The quantitative estimate of drug-likeness (QED) is 0.292. The van der Waals surface area contributed by atoms with Gasteiger partial charge in [0.15, 0.2) is 5.96 Å². The van der Waals surface area contributed by atoms with Crippen molar-refractivity contribution in [2.24, 2.45) is 4.99 Å². The number of nitrogens with one attached hydrogen (secondary N) is 2. The molecule has 0 amide bonds. The molecule has 0 atom stereocenters. The number of guanidine groups is 1. The smallest absolute Gasteiger partial charge is 0.191 e. The SMILES string of the molecule is CCNC(=NCCSC)NCCOc1ccc(C)cc1.I. The van der Waals surface area contributed by atoms with Gasteiger partial charge >= 0.3 is 0 Å². The molecule has 0 spiro atoms. The van der Waals surface area contributed by atoms with E-state index in [1.807, 2.05) is 12.1 Å². The molecule has 0 unspecified atom stereocenters. The van der Waals surface area contributed by atoms with Crippen LogP contribution < -0.4 is 15.4 Å². The van der Waals surface area contributed by atoms with Gasteiger partial charge in [0.2, 0.25) is 0 Å². The van der Waals surface area contributed by atoms with Gasteiger partial charge in [0.25, 0.3) is 0 Å². The molecule has 120 valence electrons. The lowest BCUT2D eigenvalue weighted by atomic mass is 10.2. The molecule has 0 saturated heterocycles. The number of hydrogen-bond acceptors (Lipinski definition) is 3. The molecular weight excluding hydrogens is 397 g/mol. The van der Waals surface area contributed by atoms with Crippen molar-refractivity contribution >= 4 is 41.7 Å². The number of rotatable bonds is 8. The molecule has 1 aromatic carbocycles. The molecule has 0 aliphatic carbocycles. The van der Waals surface area contributed by atoms with E-state index in [0.29, 0.717) is 6.61 Å². The fourth-order valence-electron chi connectivity index (χ4n) is 1.56. The van der Waals surface area contributed by atoms with Crippen molar-refractivity contribution in [3.05, 3.63) is 29.8 Å². The van der Waals surface area contributed by atoms with Crippen LogP contribution in [-0.2, 0) is 0 Å². The van der Waals surface area contributed by atoms with Gasteiger partial charge in [-0.15, -0.1) is 24.0 Å². The number of thioether (sulfide) groups is 1. The van der Waals surface area contributed by atoms with Crippen LogP contribution in [0.15, 0.2) is 29.3 Å². The Morgan fingerprint density at radius 2 is 1.95 bits per heavy atom. The third kappa shape index (κ3) is 9.84. The van der Waals surface area contributed by atoms with Crippen LogP contribution in [0.25, 0.3) is 0 Å². The van der Waals surface area contributed by atoms with Crippen LogP contribution in [0.5, 0.6) is 5.75 Å². The number of halogens is 1. The van der Waals surface area contributed by atoms with Crippen molar-refractivity contribution in [2.75, 3.05) is 38.2 Å². The second-order valence-electron chi connectivity index (χ2n) is 4.34. The first-order chi connectivity index (χ1) is 9.76. The lowest BCUT2D eigenvalue weighted by molar-refractivity contribution is 0.322. The molecule has 21 heavy (non-hydrogen) atoms. The first-order valence-corrected chi connectivity index (χ1v) is 8.36. The Morgan fingerprint density at radius 3 is 2.57 bits per heavy atom. The minimum absolute atomic E-state index is 0. The fraction of sp³-hybridized carbons (Fsp3) is 0.533. The average Bonchev–Trinajstić information content (AvgIpc) is 2.45. The minimum Gasteiger partial charge on any atom is -0.492 e. The molecule has 0 saturated carbocycles. The summed E-state index contributed by atoms with van der Waals surface area (Å²) in [7, 11) is 0. The zero-order valence-corrected chi connectivity index (χ0v) is 16.2. The number of aryl methyl sites for hydroxylation is 1. The average molecular weight is 423 g/mol. The molecule has 4 nitrogen and oxygen atoms in total. The molecule has 0 aliphatic rings. The Morgan fingerprint density at radius 1 is 1.24 bits per heavy atom. The maximum absolute atomic E-state index is 5.67. The Kier molecular flexibility index (Phi) is 12.7. The van der Waals surface area contributed by atoms with Crippen LogP contribution in [0.3, 0.4) is 0 Å². The Labute approximate surface area is 149 Å². The monoisotopic (exact) mass is 423 g/mol. The lowest BCUT2D eigenvalue weighted by Gasteiger charge is -2.12. The van der Waals surface area contributed by atoms with Crippen molar-refractivity contribution in [1.29, 1.82) is 0 Å². The van der Waals surface area contributed by atoms with E-state index in [1.165, 1.54) is 5.56 Å². The predicted molar refractivity (Wildman–Crippen MR) is 104 cm³/mol. The van der Waals surface area contributed by atoms with E-state index in [4.69, 9.17) is 4.74 Å². The summed E-state index contributed by atoms with van der Waals surface area (Å²) in [6.07, 6.45) is 2.09. The molecule has 0 heterocycles. The summed E-state index contributed by atoms with van der Waals surface area (Å²) in [4.78, 5) is 4.48. The Balaban J connectivity index is 0.00000400. The van der Waals surface area contributed by atoms with Crippen molar-refractivity contribution in [1.82, 2.24) is 10.6 Å². The van der Waals surface area contributed by atoms with Gasteiger partial charge in [-0.2, -0.15) is 11.8 Å². The number of ether oxygens (including phenoxy) is 1. The highest BCUT2D eigenvalue weighted by Gasteiger charge is 1.97. The van der Waals surface area contributed by atoms with Gasteiger partial charge in [-0.05, 0) is 32.2 Å². The summed E-state index contributed by atoms with van der Waals surface area (Å²) >= 11 is 1.80. The highest BCUT2D eigenvalue weighted by Crippen LogP contribution is 2.10. The van der Waals surface area contributed by atoms with E-state index in [9.17, 15) is 0 Å². The van der Waals surface area contributed by atoms with Gasteiger partial charge in [0, 0.05) is 12.3 Å². The number of benzene rings is 1. The molecule has 1 rings (SSSR count). The van der Waals surface area contributed by atoms with Gasteiger partial charge < -0.3 is 15.4 Å². The topological polar surface area (TPSA) is 45.7 Å². The summed E-state index contributed by atoms with van der Waals surface area (Å²) in [5.74, 6) is 2.80. The lowest BCUT2D eigenvalue weighted by Crippen LogP contribution is -2.39. The van der Waals surface area contributed by atoms with Gasteiger partial charge in [0.1, 0.15) is 12.4 Å². The maximum atomic E-state index is 5.67. The second kappa shape index (κ2) is 13.1. The molecule has 0 fully saturated rings. The highest BCUT2D eigenvalue weighted by atomic mass is 127. The molecule has 0 bridgehead atoms. The molecule has 6 heteroatoms. The fourth-order valence-corrected chi connectivity index (χ4v) is 1.84. The zero-order valence-electron chi connectivity index (χ0n) is 13.0. The predicted octanol–water partition coefficient (Wildman–Crippen LogP) is 2.91. The second-order valence-corrected chi connectivity index (χ2v) is 5.33. The molecule has 0 radical (unpaired) electrons. The molecule has 2 N–H and O–H groups in total. The minimum atomic E-state index is 0. The van der Waals surface area contributed by atoms with Crippen LogP contribution in [0, 0.1) is 6.92 Å². The first-order valence-electron chi connectivity index (χ1n) is 6.97. The van der Waals surface area contributed by atoms with Crippen LogP contribution in [0.1, 0.15) is 12.5 Å². The van der Waals surface area contributed by atoms with Gasteiger partial charge in [-0.1, -0.05) is 17.7 Å². The van der Waals surface area contributed by atoms with Crippen LogP contribution in [-0.4, -0.2) is 44.2 Å². The molecule has 0 aromatic heterocycles. The summed E-state index contributed by atoms with van der Waals surface area (Å²) in [5.41, 5.74) is 1.24. The van der Waals surface area contributed by atoms with E-state index in [0.717, 1.165) is 37.1 Å². The van der Waals surface area contributed by atoms with Crippen molar-refractivity contribution in [3.8, 4) is 5.75 Å². The number of aliphatic imine (C=N–C) groups is 1. The number of hydrogen-bond donors (Lipinski definition) is 2. The standard InChI is InChI=1S/C15H25N3OS.HI/c1-4-16-15(18-10-12-20-3)17-9-11-19-14-7-5-13(2)6-8-14;/h5-8H,4,9-12H2,1-3H3,(H2,16,17,18);1H. The molecule has 0 aliphatic heterocycles. The maximum Gasteiger partial charge on any atom is 0.191 e. The molecule has 1 aromatic rings. The summed E-state index contributed by atoms with van der Waals surface area (Å²) < 4.78 is 5.67.